The lowest BCUT2D eigenvalue weighted by Crippen LogP contribution is -2.13. The summed E-state index contributed by atoms with van der Waals surface area (Å²) in [5, 5.41) is 3.11. The number of aryl methyl sites for hydroxylation is 1. The minimum Gasteiger partial charge on any atom is -0.321 e. The van der Waals surface area contributed by atoms with Gasteiger partial charge in [-0.15, -0.1) is 0 Å². The van der Waals surface area contributed by atoms with Gasteiger partial charge in [0.1, 0.15) is 5.82 Å². The Labute approximate surface area is 129 Å². The fourth-order valence-electron chi connectivity index (χ4n) is 1.58. The molecule has 0 aliphatic heterocycles. The maximum Gasteiger partial charge on any atom is 0.257 e. The molecule has 0 radical (unpaired) electrons. The number of hydrogen-bond donors (Lipinski definition) is 1. The Hall–Kier alpha value is -1.14. The highest BCUT2D eigenvalue weighted by Crippen LogP contribution is 2.22. The normalized spacial score (nSPS) is 10.3. The number of nitrogens with one attached hydrogen (secondary N) is 1. The highest BCUT2D eigenvalue weighted by molar-refractivity contribution is 14.1. The van der Waals surface area contributed by atoms with Crippen LogP contribution in [0.2, 0.25) is 5.02 Å². The van der Waals surface area contributed by atoms with Gasteiger partial charge < -0.3 is 5.32 Å². The summed E-state index contributed by atoms with van der Waals surface area (Å²) in [7, 11) is 0. The topological polar surface area (TPSA) is 29.1 Å². The predicted molar refractivity (Wildman–Crippen MR) is 83.3 cm³/mol. The van der Waals surface area contributed by atoms with Gasteiger partial charge in [0.15, 0.2) is 0 Å². The van der Waals surface area contributed by atoms with Gasteiger partial charge in [-0.05, 0) is 65.4 Å². The highest BCUT2D eigenvalue weighted by atomic mass is 127. The minimum atomic E-state index is -0.337. The molecule has 0 saturated heterocycles. The van der Waals surface area contributed by atoms with E-state index in [0.29, 0.717) is 19.8 Å². The molecule has 19 heavy (non-hydrogen) atoms. The first-order valence-electron chi connectivity index (χ1n) is 5.50. The van der Waals surface area contributed by atoms with Gasteiger partial charge in [0, 0.05) is 3.57 Å². The van der Waals surface area contributed by atoms with E-state index in [-0.39, 0.29) is 11.7 Å². The van der Waals surface area contributed by atoms with Crippen LogP contribution in [0.3, 0.4) is 0 Å². The first-order chi connectivity index (χ1) is 8.97. The van der Waals surface area contributed by atoms with E-state index < -0.39 is 0 Å². The standard InChI is InChI=1S/C14H10ClFINO/c1-8-2-4-10(11(15)6-8)14(19)18-13-5-3-9(16)7-12(13)17/h2-7H,1H3,(H,18,19). The fourth-order valence-corrected chi connectivity index (χ4v) is 2.52. The number of carbonyl (C=O) groups is 1. The summed E-state index contributed by atoms with van der Waals surface area (Å²) in [5.74, 6) is -0.648. The maximum atomic E-state index is 13.0. The summed E-state index contributed by atoms with van der Waals surface area (Å²) >= 11 is 8.00. The number of amides is 1. The molecule has 0 spiro atoms. The Morgan fingerprint density at radius 3 is 2.63 bits per heavy atom. The number of carbonyl (C=O) groups excluding carboxylic acids is 1. The first-order valence-corrected chi connectivity index (χ1v) is 6.95. The number of anilines is 1. The molecule has 0 heterocycles. The van der Waals surface area contributed by atoms with E-state index in [1.165, 1.54) is 18.2 Å². The smallest absolute Gasteiger partial charge is 0.257 e. The summed E-state index contributed by atoms with van der Waals surface area (Å²) in [6, 6.07) is 9.39. The number of hydrogen-bond acceptors (Lipinski definition) is 1. The molecule has 0 aliphatic carbocycles. The molecule has 0 unspecified atom stereocenters. The van der Waals surface area contributed by atoms with Gasteiger partial charge in [-0.3, -0.25) is 4.79 Å². The number of halogens is 3. The SMILES string of the molecule is Cc1ccc(C(=O)Nc2ccc(F)cc2I)c(Cl)c1. The molecule has 5 heteroatoms. The van der Waals surface area contributed by atoms with Crippen molar-refractivity contribution < 1.29 is 9.18 Å². The lowest BCUT2D eigenvalue weighted by Gasteiger charge is -2.09. The molecule has 0 aliphatic rings. The minimum absolute atomic E-state index is 0.311. The van der Waals surface area contributed by atoms with Gasteiger partial charge in [0.2, 0.25) is 0 Å². The van der Waals surface area contributed by atoms with Gasteiger partial charge in [0.05, 0.1) is 16.3 Å². The lowest BCUT2D eigenvalue weighted by atomic mass is 10.1. The largest absolute Gasteiger partial charge is 0.321 e. The van der Waals surface area contributed by atoms with Gasteiger partial charge in [-0.1, -0.05) is 17.7 Å². The molecule has 0 atom stereocenters. The average Bonchev–Trinajstić information content (AvgIpc) is 2.32. The zero-order valence-corrected chi connectivity index (χ0v) is 12.9. The quantitative estimate of drug-likeness (QED) is 0.745. The van der Waals surface area contributed by atoms with Crippen LogP contribution in [-0.4, -0.2) is 5.91 Å². The Bertz CT molecular complexity index is 645. The summed E-state index contributed by atoms with van der Waals surface area (Å²) in [6.07, 6.45) is 0. The Balaban J connectivity index is 2.25. The summed E-state index contributed by atoms with van der Waals surface area (Å²) in [4.78, 5) is 12.1. The van der Waals surface area contributed by atoms with Crippen molar-refractivity contribution in [2.45, 2.75) is 6.92 Å². The molecule has 1 N–H and O–H groups in total. The first kappa shape index (κ1) is 14.3. The van der Waals surface area contributed by atoms with E-state index in [4.69, 9.17) is 11.6 Å². The number of rotatable bonds is 2. The molecule has 98 valence electrons. The third kappa shape index (κ3) is 3.45. The maximum absolute atomic E-state index is 13.0. The van der Waals surface area contributed by atoms with Crippen LogP contribution >= 0.6 is 34.2 Å². The third-order valence-corrected chi connectivity index (χ3v) is 3.75. The van der Waals surface area contributed by atoms with Crippen molar-refractivity contribution >= 4 is 45.8 Å². The lowest BCUT2D eigenvalue weighted by molar-refractivity contribution is 0.102. The molecule has 2 nitrogen and oxygen atoms in total. The summed E-state index contributed by atoms with van der Waals surface area (Å²) < 4.78 is 13.6. The molecule has 0 bridgehead atoms. The van der Waals surface area contributed by atoms with Crippen molar-refractivity contribution in [3.8, 4) is 0 Å². The molecular formula is C14H10ClFINO. The van der Waals surface area contributed by atoms with E-state index in [0.717, 1.165) is 5.56 Å². The predicted octanol–water partition coefficient (Wildman–Crippen LogP) is 4.64. The van der Waals surface area contributed by atoms with Crippen molar-refractivity contribution in [2.75, 3.05) is 5.32 Å². The molecule has 2 rings (SSSR count). The van der Waals surface area contributed by atoms with Crippen LogP contribution in [0.15, 0.2) is 36.4 Å². The summed E-state index contributed by atoms with van der Waals surface area (Å²) in [5.41, 5.74) is 1.94. The van der Waals surface area contributed by atoms with Gasteiger partial charge in [-0.2, -0.15) is 0 Å². The van der Waals surface area contributed by atoms with Gasteiger partial charge in [-0.25, -0.2) is 4.39 Å². The van der Waals surface area contributed by atoms with E-state index in [2.05, 4.69) is 5.32 Å². The molecule has 0 fully saturated rings. The Morgan fingerprint density at radius 2 is 2.00 bits per heavy atom. The van der Waals surface area contributed by atoms with Crippen molar-refractivity contribution in [1.29, 1.82) is 0 Å². The second kappa shape index (κ2) is 5.88. The number of benzene rings is 2. The van der Waals surface area contributed by atoms with Crippen LogP contribution in [0.5, 0.6) is 0 Å². The van der Waals surface area contributed by atoms with Crippen LogP contribution in [-0.2, 0) is 0 Å². The highest BCUT2D eigenvalue weighted by Gasteiger charge is 2.12. The van der Waals surface area contributed by atoms with Crippen LogP contribution in [0.1, 0.15) is 15.9 Å². The second-order valence-electron chi connectivity index (χ2n) is 4.06. The monoisotopic (exact) mass is 389 g/mol. The average molecular weight is 390 g/mol. The van der Waals surface area contributed by atoms with Crippen LogP contribution in [0.4, 0.5) is 10.1 Å². The van der Waals surface area contributed by atoms with Crippen LogP contribution < -0.4 is 5.32 Å². The Morgan fingerprint density at radius 1 is 1.26 bits per heavy atom. The molecule has 0 saturated carbocycles. The van der Waals surface area contributed by atoms with Crippen LogP contribution in [0.25, 0.3) is 0 Å². The molecule has 1 amide bonds. The van der Waals surface area contributed by atoms with Crippen molar-refractivity contribution in [2.24, 2.45) is 0 Å². The zero-order valence-electron chi connectivity index (χ0n) is 10.0. The van der Waals surface area contributed by atoms with E-state index >= 15 is 0 Å². The molecular weight excluding hydrogens is 380 g/mol. The zero-order chi connectivity index (χ0) is 14.0. The van der Waals surface area contributed by atoms with Crippen LogP contribution in [0, 0.1) is 16.3 Å². The molecule has 2 aromatic carbocycles. The van der Waals surface area contributed by atoms with E-state index in [1.54, 1.807) is 12.1 Å². The van der Waals surface area contributed by atoms with Crippen molar-refractivity contribution in [3.63, 3.8) is 0 Å². The van der Waals surface area contributed by atoms with E-state index in [1.807, 2.05) is 35.6 Å². The fraction of sp³-hybridized carbons (Fsp3) is 0.0714. The van der Waals surface area contributed by atoms with E-state index in [9.17, 15) is 9.18 Å². The molecule has 2 aromatic rings. The third-order valence-electron chi connectivity index (χ3n) is 2.55. The van der Waals surface area contributed by atoms with Gasteiger partial charge in [0.25, 0.3) is 5.91 Å². The van der Waals surface area contributed by atoms with Crippen molar-refractivity contribution in [1.82, 2.24) is 0 Å². The second-order valence-corrected chi connectivity index (χ2v) is 5.63. The van der Waals surface area contributed by atoms with Gasteiger partial charge >= 0.3 is 0 Å². The molecule has 0 aromatic heterocycles. The summed E-state index contributed by atoms with van der Waals surface area (Å²) in [6.45, 7) is 1.90. The van der Waals surface area contributed by atoms with Crippen molar-refractivity contribution in [3.05, 3.63) is 61.9 Å². The Kier molecular flexibility index (Phi) is 4.42.